The van der Waals surface area contributed by atoms with Crippen LogP contribution in [0.4, 0.5) is 20.3 Å². The largest absolute Gasteiger partial charge is 0.453 e. The highest BCUT2D eigenvalue weighted by Crippen LogP contribution is 2.34. The number of nitrogens with zero attached hydrogens (tertiary/aromatic N) is 4. The molecule has 0 radical (unpaired) electrons. The number of benzene rings is 2. The fourth-order valence-electron chi connectivity index (χ4n) is 4.26. The number of hydrogen-bond acceptors (Lipinski definition) is 8. The molecule has 1 atom stereocenters. The van der Waals surface area contributed by atoms with Crippen LogP contribution in [0.5, 0.6) is 11.5 Å². The van der Waals surface area contributed by atoms with Gasteiger partial charge < -0.3 is 24.7 Å². The van der Waals surface area contributed by atoms with Gasteiger partial charge in [0.2, 0.25) is 0 Å². The zero-order chi connectivity index (χ0) is 30.0. The molecule has 1 amide bonds. The molecule has 0 aliphatic heterocycles. The standard InChI is InChI=1S/C28H25F2N7O5/c1-15(14-41-3)32-25-23-22(10-11-31-24(23)34-35-25)42-21-9-6-17(12-20(21)30)33-26(38)19-13-36(2)28(40)37(27(19)39)18-7-4-16(29)5-8-18/h4-13,15H,14H2,1-3H3,(H,33,38)(H2,31,32,34,35)/t15-/m0/s1. The number of fused-ring (bicyclic) bond motifs is 1. The first-order chi connectivity index (χ1) is 20.2. The first-order valence-corrected chi connectivity index (χ1v) is 12.6. The molecule has 0 fully saturated rings. The van der Waals surface area contributed by atoms with Crippen molar-refractivity contribution in [3.63, 3.8) is 0 Å². The Bertz CT molecular complexity index is 1900. The molecule has 0 aliphatic carbocycles. The summed E-state index contributed by atoms with van der Waals surface area (Å²) in [5.74, 6) is -1.65. The zero-order valence-corrected chi connectivity index (χ0v) is 22.6. The molecule has 0 bridgehead atoms. The number of carbonyl (C=O) groups is 1. The Morgan fingerprint density at radius 2 is 1.86 bits per heavy atom. The highest BCUT2D eigenvalue weighted by atomic mass is 19.1. The normalized spacial score (nSPS) is 11.8. The SMILES string of the molecule is COC[C@H](C)Nc1n[nH]c2nccc(Oc3ccc(NC(=O)c4cn(C)c(=O)n(-c5ccc(F)cc5)c4=O)cc3F)c12. The summed E-state index contributed by atoms with van der Waals surface area (Å²) in [5, 5.41) is 13.2. The Hall–Kier alpha value is -5.37. The van der Waals surface area contributed by atoms with Crippen molar-refractivity contribution in [2.45, 2.75) is 13.0 Å². The third-order valence-corrected chi connectivity index (χ3v) is 6.21. The number of halogens is 2. The first-order valence-electron chi connectivity index (χ1n) is 12.6. The predicted octanol–water partition coefficient (Wildman–Crippen LogP) is 3.58. The van der Waals surface area contributed by atoms with Crippen molar-refractivity contribution in [1.82, 2.24) is 24.3 Å². The molecule has 0 unspecified atom stereocenters. The lowest BCUT2D eigenvalue weighted by atomic mass is 10.2. The fraction of sp³-hybridized carbons (Fsp3) is 0.179. The van der Waals surface area contributed by atoms with Crippen LogP contribution < -0.4 is 26.6 Å². The van der Waals surface area contributed by atoms with Gasteiger partial charge in [0.15, 0.2) is 23.0 Å². The molecule has 5 aromatic rings. The van der Waals surface area contributed by atoms with Crippen molar-refractivity contribution in [1.29, 1.82) is 0 Å². The number of anilines is 2. The molecule has 42 heavy (non-hydrogen) atoms. The zero-order valence-electron chi connectivity index (χ0n) is 22.6. The van der Waals surface area contributed by atoms with E-state index in [-0.39, 0.29) is 34.5 Å². The van der Waals surface area contributed by atoms with E-state index in [2.05, 4.69) is 25.8 Å². The summed E-state index contributed by atoms with van der Waals surface area (Å²) in [7, 11) is 2.94. The van der Waals surface area contributed by atoms with Crippen LogP contribution in [-0.4, -0.2) is 50.0 Å². The van der Waals surface area contributed by atoms with Gasteiger partial charge in [-0.15, -0.1) is 0 Å². The molecule has 3 aromatic heterocycles. The van der Waals surface area contributed by atoms with E-state index >= 15 is 4.39 Å². The number of amides is 1. The maximum Gasteiger partial charge on any atom is 0.335 e. The topological polar surface area (TPSA) is 145 Å². The molecule has 0 saturated carbocycles. The minimum atomic E-state index is -0.923. The number of aryl methyl sites for hydroxylation is 1. The Morgan fingerprint density at radius 3 is 2.57 bits per heavy atom. The van der Waals surface area contributed by atoms with E-state index in [0.29, 0.717) is 23.5 Å². The number of aromatic nitrogens is 5. The van der Waals surface area contributed by atoms with E-state index in [1.165, 1.54) is 37.5 Å². The Labute approximate surface area is 236 Å². The average Bonchev–Trinajstić information content (AvgIpc) is 3.36. The van der Waals surface area contributed by atoms with Crippen molar-refractivity contribution < 1.29 is 23.0 Å². The van der Waals surface area contributed by atoms with Gasteiger partial charge in [0.1, 0.15) is 22.5 Å². The van der Waals surface area contributed by atoms with Gasteiger partial charge in [-0.25, -0.2) is 23.1 Å². The summed E-state index contributed by atoms with van der Waals surface area (Å²) in [6.45, 7) is 2.33. The van der Waals surface area contributed by atoms with Gasteiger partial charge in [-0.1, -0.05) is 0 Å². The summed E-state index contributed by atoms with van der Waals surface area (Å²) >= 11 is 0. The van der Waals surface area contributed by atoms with Crippen LogP contribution in [0.15, 0.2) is 70.5 Å². The van der Waals surface area contributed by atoms with Crippen LogP contribution in [0.2, 0.25) is 0 Å². The highest BCUT2D eigenvalue weighted by molar-refractivity contribution is 6.04. The maximum absolute atomic E-state index is 15.2. The Morgan fingerprint density at radius 1 is 1.10 bits per heavy atom. The Balaban J connectivity index is 1.40. The minimum Gasteiger partial charge on any atom is -0.453 e. The molecule has 3 heterocycles. The smallest absolute Gasteiger partial charge is 0.335 e. The number of pyridine rings is 1. The van der Waals surface area contributed by atoms with Crippen molar-refractivity contribution in [3.05, 3.63) is 99.0 Å². The van der Waals surface area contributed by atoms with E-state index in [4.69, 9.17) is 9.47 Å². The van der Waals surface area contributed by atoms with Crippen LogP contribution in [0.3, 0.4) is 0 Å². The second kappa shape index (κ2) is 11.6. The predicted molar refractivity (Wildman–Crippen MR) is 151 cm³/mol. The van der Waals surface area contributed by atoms with Gasteiger partial charge in [0.25, 0.3) is 11.5 Å². The van der Waals surface area contributed by atoms with Crippen molar-refractivity contribution in [2.75, 3.05) is 24.4 Å². The van der Waals surface area contributed by atoms with Crippen LogP contribution in [-0.2, 0) is 11.8 Å². The van der Waals surface area contributed by atoms with Crippen molar-refractivity contribution in [2.24, 2.45) is 7.05 Å². The van der Waals surface area contributed by atoms with Crippen molar-refractivity contribution in [3.8, 4) is 17.2 Å². The van der Waals surface area contributed by atoms with Crippen molar-refractivity contribution >= 4 is 28.4 Å². The lowest BCUT2D eigenvalue weighted by molar-refractivity contribution is 0.102. The second-order valence-corrected chi connectivity index (χ2v) is 9.36. The second-order valence-electron chi connectivity index (χ2n) is 9.36. The Kier molecular flexibility index (Phi) is 7.80. The molecule has 0 aliphatic rings. The van der Waals surface area contributed by atoms with Crippen LogP contribution >= 0.6 is 0 Å². The van der Waals surface area contributed by atoms with Gasteiger partial charge in [0.05, 0.1) is 12.3 Å². The van der Waals surface area contributed by atoms with E-state index in [1.54, 1.807) is 13.2 Å². The third-order valence-electron chi connectivity index (χ3n) is 6.21. The monoisotopic (exact) mass is 577 g/mol. The van der Waals surface area contributed by atoms with E-state index in [0.717, 1.165) is 33.5 Å². The lowest BCUT2D eigenvalue weighted by Gasteiger charge is -2.14. The molecule has 0 saturated heterocycles. The highest BCUT2D eigenvalue weighted by Gasteiger charge is 2.20. The van der Waals surface area contributed by atoms with E-state index in [1.807, 2.05) is 6.92 Å². The molecule has 14 heteroatoms. The number of nitrogens with one attached hydrogen (secondary N) is 3. The van der Waals surface area contributed by atoms with Gasteiger partial charge in [-0.05, 0) is 43.3 Å². The molecule has 5 rings (SSSR count). The summed E-state index contributed by atoms with van der Waals surface area (Å²) < 4.78 is 41.3. The first kappa shape index (κ1) is 28.2. The van der Waals surface area contributed by atoms with Gasteiger partial charge in [0, 0.05) is 50.4 Å². The number of aromatic amines is 1. The van der Waals surface area contributed by atoms with Crippen LogP contribution in [0, 0.1) is 11.6 Å². The van der Waals surface area contributed by atoms with E-state index < -0.39 is 28.8 Å². The summed E-state index contributed by atoms with van der Waals surface area (Å²) in [4.78, 5) is 43.0. The molecule has 12 nitrogen and oxygen atoms in total. The molecule has 3 N–H and O–H groups in total. The number of rotatable bonds is 9. The molecular weight excluding hydrogens is 552 g/mol. The number of methoxy groups -OCH3 is 1. The van der Waals surface area contributed by atoms with Crippen LogP contribution in [0.1, 0.15) is 17.3 Å². The lowest BCUT2D eigenvalue weighted by Crippen LogP contribution is -2.41. The summed E-state index contributed by atoms with van der Waals surface area (Å²) in [5.41, 5.74) is -1.50. The van der Waals surface area contributed by atoms with E-state index in [9.17, 15) is 18.8 Å². The molecule has 0 spiro atoms. The van der Waals surface area contributed by atoms with Crippen LogP contribution in [0.25, 0.3) is 16.7 Å². The molecular formula is C28H25F2N7O5. The average molecular weight is 578 g/mol. The summed E-state index contributed by atoms with van der Waals surface area (Å²) in [6, 6.07) is 9.87. The summed E-state index contributed by atoms with van der Waals surface area (Å²) in [6.07, 6.45) is 2.56. The van der Waals surface area contributed by atoms with Gasteiger partial charge in [-0.2, -0.15) is 5.10 Å². The number of hydrogen-bond donors (Lipinski definition) is 3. The fourth-order valence-corrected chi connectivity index (χ4v) is 4.26. The number of carbonyl (C=O) groups excluding carboxylic acids is 1. The molecule has 216 valence electrons. The third kappa shape index (κ3) is 5.60. The number of ether oxygens (including phenoxy) is 2. The molecule has 2 aromatic carbocycles. The quantitative estimate of drug-likeness (QED) is 0.241. The van der Waals surface area contributed by atoms with Gasteiger partial charge >= 0.3 is 5.69 Å². The maximum atomic E-state index is 15.2. The van der Waals surface area contributed by atoms with Gasteiger partial charge in [-0.3, -0.25) is 14.7 Å². The number of H-pyrrole nitrogens is 1. The minimum absolute atomic E-state index is 0.0327.